The number of hydrogen-bond acceptors (Lipinski definition) is 4. The van der Waals surface area contributed by atoms with Crippen molar-refractivity contribution in [1.29, 1.82) is 0 Å². The Kier molecular flexibility index (Phi) is 5.32. The highest BCUT2D eigenvalue weighted by Crippen LogP contribution is 2.12. The number of anilines is 1. The number of nitrogens with zero attached hydrogens (tertiary/aromatic N) is 2. The van der Waals surface area contributed by atoms with Gasteiger partial charge in [0.25, 0.3) is 5.91 Å². The van der Waals surface area contributed by atoms with E-state index in [-0.39, 0.29) is 18.4 Å². The molecule has 0 saturated heterocycles. The van der Waals surface area contributed by atoms with Crippen molar-refractivity contribution in [1.82, 2.24) is 15.1 Å². The first-order valence-electron chi connectivity index (χ1n) is 7.09. The fourth-order valence-corrected chi connectivity index (χ4v) is 2.64. The van der Waals surface area contributed by atoms with Crippen LogP contribution in [-0.2, 0) is 18.3 Å². The number of aryl methyl sites for hydroxylation is 1. The highest BCUT2D eigenvalue weighted by atomic mass is 32.1. The quantitative estimate of drug-likeness (QED) is 0.855. The Morgan fingerprint density at radius 3 is 2.82 bits per heavy atom. The Bertz CT molecular complexity index is 647. The van der Waals surface area contributed by atoms with Crippen molar-refractivity contribution >= 4 is 29.0 Å². The average molecular weight is 320 g/mol. The molecule has 2 aromatic rings. The van der Waals surface area contributed by atoms with Crippen molar-refractivity contribution in [3.05, 3.63) is 34.2 Å². The van der Waals surface area contributed by atoms with Crippen LogP contribution in [0, 0.1) is 5.92 Å². The van der Waals surface area contributed by atoms with E-state index in [2.05, 4.69) is 29.6 Å². The molecule has 2 amide bonds. The zero-order valence-corrected chi connectivity index (χ0v) is 13.7. The molecule has 0 saturated carbocycles. The van der Waals surface area contributed by atoms with Crippen LogP contribution < -0.4 is 10.6 Å². The van der Waals surface area contributed by atoms with Gasteiger partial charge in [0.05, 0.1) is 12.2 Å². The summed E-state index contributed by atoms with van der Waals surface area (Å²) in [4.78, 5) is 23.7. The lowest BCUT2D eigenvalue weighted by atomic mass is 10.1. The van der Waals surface area contributed by atoms with E-state index in [0.29, 0.717) is 17.3 Å². The van der Waals surface area contributed by atoms with Gasteiger partial charge in [0.15, 0.2) is 0 Å². The molecule has 0 spiro atoms. The van der Waals surface area contributed by atoms with E-state index in [1.54, 1.807) is 23.2 Å². The number of carbonyl (C=O) groups is 2. The fraction of sp³-hybridized carbons (Fsp3) is 0.400. The van der Waals surface area contributed by atoms with Crippen molar-refractivity contribution in [2.24, 2.45) is 13.0 Å². The minimum absolute atomic E-state index is 0.0701. The molecule has 118 valence electrons. The third-order valence-electron chi connectivity index (χ3n) is 3.01. The molecule has 0 bridgehead atoms. The van der Waals surface area contributed by atoms with Crippen LogP contribution in [0.5, 0.6) is 0 Å². The second kappa shape index (κ2) is 7.22. The van der Waals surface area contributed by atoms with Gasteiger partial charge in [0.2, 0.25) is 5.91 Å². The van der Waals surface area contributed by atoms with Crippen molar-refractivity contribution in [3.63, 3.8) is 0 Å². The third-order valence-corrected chi connectivity index (χ3v) is 3.69. The number of carbonyl (C=O) groups excluding carboxylic acids is 2. The van der Waals surface area contributed by atoms with Crippen molar-refractivity contribution in [2.45, 2.75) is 20.3 Å². The third kappa shape index (κ3) is 4.42. The lowest BCUT2D eigenvalue weighted by molar-refractivity contribution is -0.115. The van der Waals surface area contributed by atoms with E-state index < -0.39 is 0 Å². The summed E-state index contributed by atoms with van der Waals surface area (Å²) < 4.78 is 1.64. The molecule has 2 aromatic heterocycles. The minimum Gasteiger partial charge on any atom is -0.343 e. The first-order chi connectivity index (χ1) is 10.5. The predicted molar refractivity (Wildman–Crippen MR) is 87.0 cm³/mol. The lowest BCUT2D eigenvalue weighted by Gasteiger charge is -2.06. The molecule has 0 aliphatic carbocycles. The summed E-state index contributed by atoms with van der Waals surface area (Å²) in [5.41, 5.74) is 1.51. The minimum atomic E-state index is -0.275. The summed E-state index contributed by atoms with van der Waals surface area (Å²) in [7, 11) is 1.78. The van der Waals surface area contributed by atoms with Crippen LogP contribution in [0.2, 0.25) is 0 Å². The normalized spacial score (nSPS) is 10.7. The van der Waals surface area contributed by atoms with Gasteiger partial charge in [-0.1, -0.05) is 13.8 Å². The zero-order valence-electron chi connectivity index (χ0n) is 12.9. The maximum atomic E-state index is 11.9. The molecule has 7 heteroatoms. The van der Waals surface area contributed by atoms with Crippen LogP contribution in [0.4, 0.5) is 5.82 Å². The Morgan fingerprint density at radius 2 is 2.18 bits per heavy atom. The SMILES string of the molecule is CC(C)Cc1cc(NC(=O)CNC(=O)c2ccsc2)n(C)n1. The first kappa shape index (κ1) is 16.2. The van der Waals surface area contributed by atoms with E-state index in [0.717, 1.165) is 12.1 Å². The molecule has 0 fully saturated rings. The average Bonchev–Trinajstić information content (AvgIpc) is 3.06. The number of thiophene rings is 1. The number of amides is 2. The summed E-state index contributed by atoms with van der Waals surface area (Å²) in [6.07, 6.45) is 0.860. The zero-order chi connectivity index (χ0) is 16.1. The molecule has 0 atom stereocenters. The molecule has 2 N–H and O–H groups in total. The van der Waals surface area contributed by atoms with E-state index in [9.17, 15) is 9.59 Å². The summed E-state index contributed by atoms with van der Waals surface area (Å²) >= 11 is 1.44. The van der Waals surface area contributed by atoms with Gasteiger partial charge in [0, 0.05) is 24.1 Å². The van der Waals surface area contributed by atoms with Crippen LogP contribution in [0.3, 0.4) is 0 Å². The molecule has 22 heavy (non-hydrogen) atoms. The number of rotatable bonds is 6. The van der Waals surface area contributed by atoms with Crippen LogP contribution >= 0.6 is 11.3 Å². The summed E-state index contributed by atoms with van der Waals surface area (Å²) in [6.45, 7) is 4.17. The maximum Gasteiger partial charge on any atom is 0.252 e. The lowest BCUT2D eigenvalue weighted by Crippen LogP contribution is -2.33. The summed E-state index contributed by atoms with van der Waals surface area (Å²) in [5.74, 6) is 0.610. The van der Waals surface area contributed by atoms with Gasteiger partial charge in [0.1, 0.15) is 5.82 Å². The van der Waals surface area contributed by atoms with Gasteiger partial charge in [-0.15, -0.1) is 0 Å². The Hall–Kier alpha value is -2.15. The molecule has 0 radical (unpaired) electrons. The van der Waals surface area contributed by atoms with Crippen LogP contribution in [0.15, 0.2) is 22.9 Å². The molecular weight excluding hydrogens is 300 g/mol. The topological polar surface area (TPSA) is 76.0 Å². The van der Waals surface area contributed by atoms with E-state index in [1.807, 2.05) is 11.4 Å². The van der Waals surface area contributed by atoms with Crippen molar-refractivity contribution in [3.8, 4) is 0 Å². The number of nitrogens with one attached hydrogen (secondary N) is 2. The standard InChI is InChI=1S/C15H20N4O2S/c1-10(2)6-12-7-13(19(3)18-12)17-14(20)8-16-15(21)11-4-5-22-9-11/h4-5,7,9-10H,6,8H2,1-3H3,(H,16,21)(H,17,20). The molecule has 2 rings (SSSR count). The molecule has 0 aliphatic rings. The van der Waals surface area contributed by atoms with Crippen LogP contribution in [0.1, 0.15) is 29.9 Å². The molecule has 0 unspecified atom stereocenters. The van der Waals surface area contributed by atoms with E-state index >= 15 is 0 Å². The van der Waals surface area contributed by atoms with Gasteiger partial charge in [-0.05, 0) is 23.8 Å². The smallest absolute Gasteiger partial charge is 0.252 e. The molecule has 0 aliphatic heterocycles. The largest absolute Gasteiger partial charge is 0.343 e. The first-order valence-corrected chi connectivity index (χ1v) is 8.03. The predicted octanol–water partition coefficient (Wildman–Crippen LogP) is 2.05. The highest BCUT2D eigenvalue weighted by Gasteiger charge is 2.11. The summed E-state index contributed by atoms with van der Waals surface area (Å²) in [5, 5.41) is 13.3. The monoisotopic (exact) mass is 320 g/mol. The Balaban J connectivity index is 1.87. The molecule has 2 heterocycles. The van der Waals surface area contributed by atoms with E-state index in [4.69, 9.17) is 0 Å². The van der Waals surface area contributed by atoms with E-state index in [1.165, 1.54) is 11.3 Å². The maximum absolute atomic E-state index is 11.9. The van der Waals surface area contributed by atoms with Crippen LogP contribution in [-0.4, -0.2) is 28.1 Å². The number of aromatic nitrogens is 2. The highest BCUT2D eigenvalue weighted by molar-refractivity contribution is 7.08. The Morgan fingerprint density at radius 1 is 1.41 bits per heavy atom. The second-order valence-electron chi connectivity index (χ2n) is 5.49. The fourth-order valence-electron chi connectivity index (χ4n) is 2.00. The van der Waals surface area contributed by atoms with Crippen molar-refractivity contribution < 1.29 is 9.59 Å². The number of hydrogen-bond donors (Lipinski definition) is 2. The van der Waals surface area contributed by atoms with Gasteiger partial charge < -0.3 is 10.6 Å². The molecular formula is C15H20N4O2S. The van der Waals surface area contributed by atoms with Gasteiger partial charge in [-0.25, -0.2) is 0 Å². The Labute approximate surface area is 133 Å². The van der Waals surface area contributed by atoms with Crippen molar-refractivity contribution in [2.75, 3.05) is 11.9 Å². The van der Waals surface area contributed by atoms with Gasteiger partial charge in [-0.2, -0.15) is 16.4 Å². The molecule has 6 nitrogen and oxygen atoms in total. The van der Waals surface area contributed by atoms with Gasteiger partial charge >= 0.3 is 0 Å². The van der Waals surface area contributed by atoms with Crippen LogP contribution in [0.25, 0.3) is 0 Å². The molecule has 0 aromatic carbocycles. The second-order valence-corrected chi connectivity index (χ2v) is 6.27. The summed E-state index contributed by atoms with van der Waals surface area (Å²) in [6, 6.07) is 3.58. The van der Waals surface area contributed by atoms with Gasteiger partial charge in [-0.3, -0.25) is 14.3 Å².